The van der Waals surface area contributed by atoms with Crippen LogP contribution in [0.4, 0.5) is 0 Å². The number of fused-ring (bicyclic) bond motifs is 1. The number of rotatable bonds is 4. The molecule has 0 unspecified atom stereocenters. The van der Waals surface area contributed by atoms with Crippen LogP contribution < -0.4 is 0 Å². The van der Waals surface area contributed by atoms with Crippen molar-refractivity contribution in [3.05, 3.63) is 70.9 Å². The fraction of sp³-hybridized carbons (Fsp3) is 0.318. The number of aromatic nitrogens is 1. The first-order valence-electron chi connectivity index (χ1n) is 9.31. The number of piperidine rings is 1. The van der Waals surface area contributed by atoms with Gasteiger partial charge in [0.25, 0.3) is 0 Å². The quantitative estimate of drug-likeness (QED) is 0.663. The number of para-hydroxylation sites is 1. The van der Waals surface area contributed by atoms with Crippen LogP contribution in [0.1, 0.15) is 42.7 Å². The predicted molar refractivity (Wildman–Crippen MR) is 107 cm³/mol. The number of likely N-dealkylation sites (tertiary alicyclic amines) is 1. The first-order valence-corrected chi connectivity index (χ1v) is 9.69. The molecule has 3 aromatic rings. The first-order chi connectivity index (χ1) is 12.7. The van der Waals surface area contributed by atoms with Crippen molar-refractivity contribution in [3.8, 4) is 0 Å². The van der Waals surface area contributed by atoms with Crippen molar-refractivity contribution in [1.29, 1.82) is 0 Å². The van der Waals surface area contributed by atoms with E-state index in [0.717, 1.165) is 37.0 Å². The summed E-state index contributed by atoms with van der Waals surface area (Å²) in [5.74, 6) is 0.271. The Hall–Kier alpha value is -2.26. The normalized spacial score (nSPS) is 16.0. The second-order valence-electron chi connectivity index (χ2n) is 7.04. The monoisotopic (exact) mass is 366 g/mol. The van der Waals surface area contributed by atoms with Crippen LogP contribution in [0.5, 0.6) is 0 Å². The molecule has 2 aromatic carbocycles. The molecule has 3 nitrogen and oxygen atoms in total. The standard InChI is InChI=1S/C22H23ClN2O/c23-17-10-8-16(9-11-17)19(14-22(26)25-12-4-1-5-13-25)20-15-24-21-7-3-2-6-18(20)21/h2-3,6-11,15,19,24H,1,4-5,12-14H2/t19-/m1/s1. The number of halogens is 1. The number of nitrogens with one attached hydrogen (secondary N) is 1. The molecule has 1 fully saturated rings. The van der Waals surface area contributed by atoms with E-state index in [2.05, 4.69) is 17.1 Å². The van der Waals surface area contributed by atoms with Crippen molar-refractivity contribution < 1.29 is 4.79 Å². The van der Waals surface area contributed by atoms with Gasteiger partial charge in [-0.05, 0) is 48.6 Å². The number of aromatic amines is 1. The first kappa shape index (κ1) is 17.2. The Morgan fingerprint density at radius 1 is 1.04 bits per heavy atom. The van der Waals surface area contributed by atoms with Gasteiger partial charge in [-0.3, -0.25) is 4.79 Å². The highest BCUT2D eigenvalue weighted by atomic mass is 35.5. The SMILES string of the molecule is O=C(C[C@H](c1ccc(Cl)cc1)c1c[nH]c2ccccc12)N1CCCCC1. The molecule has 0 saturated carbocycles. The van der Waals surface area contributed by atoms with Gasteiger partial charge in [0.05, 0.1) is 0 Å². The van der Waals surface area contributed by atoms with Crippen LogP contribution >= 0.6 is 11.6 Å². The Bertz CT molecular complexity index is 894. The number of carbonyl (C=O) groups excluding carboxylic acids is 1. The van der Waals surface area contributed by atoms with Gasteiger partial charge in [0.15, 0.2) is 0 Å². The van der Waals surface area contributed by atoms with Crippen LogP contribution in [0, 0.1) is 0 Å². The average molecular weight is 367 g/mol. The number of carbonyl (C=O) groups is 1. The van der Waals surface area contributed by atoms with Crippen molar-refractivity contribution >= 4 is 28.4 Å². The lowest BCUT2D eigenvalue weighted by Crippen LogP contribution is -2.36. The Morgan fingerprint density at radius 3 is 2.54 bits per heavy atom. The highest BCUT2D eigenvalue weighted by Crippen LogP contribution is 2.34. The Morgan fingerprint density at radius 2 is 1.77 bits per heavy atom. The van der Waals surface area contributed by atoms with Crippen LogP contribution in [0.15, 0.2) is 54.7 Å². The molecule has 2 heterocycles. The highest BCUT2D eigenvalue weighted by Gasteiger charge is 2.25. The van der Waals surface area contributed by atoms with Gasteiger partial charge in [-0.15, -0.1) is 0 Å². The zero-order valence-electron chi connectivity index (χ0n) is 14.7. The van der Waals surface area contributed by atoms with Gasteiger partial charge < -0.3 is 9.88 Å². The molecule has 134 valence electrons. The summed E-state index contributed by atoms with van der Waals surface area (Å²) < 4.78 is 0. The molecule has 1 atom stereocenters. The third kappa shape index (κ3) is 3.49. The number of hydrogen-bond acceptors (Lipinski definition) is 1. The molecule has 0 spiro atoms. The van der Waals surface area contributed by atoms with E-state index < -0.39 is 0 Å². The lowest BCUT2D eigenvalue weighted by molar-refractivity contribution is -0.132. The lowest BCUT2D eigenvalue weighted by atomic mass is 9.87. The fourth-order valence-electron chi connectivity index (χ4n) is 3.93. The van der Waals surface area contributed by atoms with Crippen LogP contribution in [-0.4, -0.2) is 28.9 Å². The molecule has 1 aliphatic rings. The van der Waals surface area contributed by atoms with Gasteiger partial charge in [0.2, 0.25) is 5.91 Å². The summed E-state index contributed by atoms with van der Waals surface area (Å²) in [5.41, 5.74) is 3.41. The summed E-state index contributed by atoms with van der Waals surface area (Å²) >= 11 is 6.08. The van der Waals surface area contributed by atoms with E-state index in [1.165, 1.54) is 17.4 Å². The fourth-order valence-corrected chi connectivity index (χ4v) is 4.06. The number of amides is 1. The second-order valence-corrected chi connectivity index (χ2v) is 7.48. The summed E-state index contributed by atoms with van der Waals surface area (Å²) in [6.07, 6.45) is 6.00. The summed E-state index contributed by atoms with van der Waals surface area (Å²) in [4.78, 5) is 18.4. The van der Waals surface area contributed by atoms with Crippen molar-refractivity contribution in [2.75, 3.05) is 13.1 Å². The Labute approximate surface area is 159 Å². The van der Waals surface area contributed by atoms with Gasteiger partial charge in [-0.25, -0.2) is 0 Å². The van der Waals surface area contributed by atoms with Crippen molar-refractivity contribution in [2.24, 2.45) is 0 Å². The van der Waals surface area contributed by atoms with Crippen molar-refractivity contribution in [3.63, 3.8) is 0 Å². The predicted octanol–water partition coefficient (Wildman–Crippen LogP) is 5.36. The van der Waals surface area contributed by atoms with E-state index in [1.807, 2.05) is 47.5 Å². The van der Waals surface area contributed by atoms with Crippen LogP contribution in [-0.2, 0) is 4.79 Å². The van der Waals surface area contributed by atoms with E-state index in [1.54, 1.807) is 0 Å². The van der Waals surface area contributed by atoms with E-state index in [-0.39, 0.29) is 11.8 Å². The highest BCUT2D eigenvalue weighted by molar-refractivity contribution is 6.30. The molecule has 0 radical (unpaired) electrons. The van der Waals surface area contributed by atoms with Crippen molar-refractivity contribution in [2.45, 2.75) is 31.6 Å². The van der Waals surface area contributed by atoms with Crippen molar-refractivity contribution in [1.82, 2.24) is 9.88 Å². The number of benzene rings is 2. The average Bonchev–Trinajstić information content (AvgIpc) is 3.11. The maximum atomic E-state index is 13.0. The Kier molecular flexibility index (Phi) is 4.98. The summed E-state index contributed by atoms with van der Waals surface area (Å²) in [7, 11) is 0. The Balaban J connectivity index is 1.69. The van der Waals surface area contributed by atoms with Crippen LogP contribution in [0.25, 0.3) is 10.9 Å². The minimum atomic E-state index is 0.0258. The zero-order chi connectivity index (χ0) is 17.9. The number of nitrogens with zero attached hydrogens (tertiary/aromatic N) is 1. The topological polar surface area (TPSA) is 36.1 Å². The molecule has 26 heavy (non-hydrogen) atoms. The maximum absolute atomic E-state index is 13.0. The van der Waals surface area contributed by atoms with Gasteiger partial charge in [-0.2, -0.15) is 0 Å². The molecule has 4 heteroatoms. The van der Waals surface area contributed by atoms with E-state index in [0.29, 0.717) is 11.4 Å². The number of H-pyrrole nitrogens is 1. The smallest absolute Gasteiger partial charge is 0.223 e. The molecule has 1 saturated heterocycles. The molecule has 0 bridgehead atoms. The van der Waals surface area contributed by atoms with Gasteiger partial charge in [0.1, 0.15) is 0 Å². The molecular weight excluding hydrogens is 344 g/mol. The zero-order valence-corrected chi connectivity index (χ0v) is 15.5. The summed E-state index contributed by atoms with van der Waals surface area (Å²) in [6.45, 7) is 1.78. The maximum Gasteiger partial charge on any atom is 0.223 e. The van der Waals surface area contributed by atoms with E-state index in [9.17, 15) is 4.79 Å². The number of hydrogen-bond donors (Lipinski definition) is 1. The summed E-state index contributed by atoms with van der Waals surface area (Å²) in [6, 6.07) is 16.2. The second kappa shape index (κ2) is 7.55. The van der Waals surface area contributed by atoms with Gasteiger partial charge in [0, 0.05) is 47.6 Å². The van der Waals surface area contributed by atoms with E-state index in [4.69, 9.17) is 11.6 Å². The molecule has 1 aromatic heterocycles. The summed E-state index contributed by atoms with van der Waals surface area (Å²) in [5, 5.41) is 1.90. The van der Waals surface area contributed by atoms with E-state index >= 15 is 0 Å². The molecule has 1 amide bonds. The molecular formula is C22H23ClN2O. The minimum absolute atomic E-state index is 0.0258. The largest absolute Gasteiger partial charge is 0.361 e. The minimum Gasteiger partial charge on any atom is -0.361 e. The molecule has 1 aliphatic heterocycles. The van der Waals surface area contributed by atoms with Crippen LogP contribution in [0.3, 0.4) is 0 Å². The third-order valence-corrected chi connectivity index (χ3v) is 5.61. The molecule has 0 aliphatic carbocycles. The molecule has 4 rings (SSSR count). The third-order valence-electron chi connectivity index (χ3n) is 5.36. The van der Waals surface area contributed by atoms with Gasteiger partial charge in [-0.1, -0.05) is 41.9 Å². The molecule has 1 N–H and O–H groups in total. The lowest BCUT2D eigenvalue weighted by Gasteiger charge is -2.28. The van der Waals surface area contributed by atoms with Crippen LogP contribution in [0.2, 0.25) is 5.02 Å². The van der Waals surface area contributed by atoms with Gasteiger partial charge >= 0.3 is 0 Å².